The first kappa shape index (κ1) is 34.0. The molecule has 0 saturated heterocycles. The second-order valence-electron chi connectivity index (χ2n) is 14.6. The molecule has 0 spiro atoms. The van der Waals surface area contributed by atoms with Crippen molar-refractivity contribution in [2.75, 3.05) is 0 Å². The standard InChI is InChI=1S/C48H36N4O.Pt/c1-27-19-29(3)45(30(4)20-27)33-7-13-43-39(23-33)37-11-9-35(25-41(37)47-49-15-17-51(43)47)53-36-10-12-38-40-24-34(46-31(5)21-28(2)22-32(46)6)8-14-44(40)52-18-16-50-48(52)42(38)26-36;/h7-24H,1-6H3;/q-2;+2. The molecule has 4 heterocycles. The van der Waals surface area contributed by atoms with Crippen molar-refractivity contribution >= 4 is 54.6 Å². The summed E-state index contributed by atoms with van der Waals surface area (Å²) in [6.45, 7) is 13.1. The van der Waals surface area contributed by atoms with E-state index in [0.717, 1.165) is 54.6 Å². The second kappa shape index (κ2) is 12.7. The minimum Gasteiger partial charge on any atom is -0.497 e. The third kappa shape index (κ3) is 5.25. The fourth-order valence-corrected chi connectivity index (χ4v) is 8.86. The van der Waals surface area contributed by atoms with Crippen molar-refractivity contribution in [2.45, 2.75) is 41.5 Å². The number of benzene rings is 6. The Labute approximate surface area is 328 Å². The molecule has 6 heteroatoms. The number of nitrogens with zero attached hydrogens (tertiary/aromatic N) is 4. The molecule has 54 heavy (non-hydrogen) atoms. The number of hydrogen-bond acceptors (Lipinski definition) is 3. The SMILES string of the molecule is Cc1cc(C)c(-c2ccc3c(c2)c2ccc(Oc4[c-]c5c(cc4)c4cc(-c6c(C)cc(C)cc6C)ccc4n4ccnc54)[c-]c2c2nccn32)c(C)c1.[Pt+2]. The Balaban J connectivity index is 0.00000384. The maximum atomic E-state index is 6.56. The Bertz CT molecular complexity index is 2910. The molecule has 0 saturated carbocycles. The molecule has 0 atom stereocenters. The number of pyridine rings is 2. The quantitative estimate of drug-likeness (QED) is 0.131. The van der Waals surface area contributed by atoms with Gasteiger partial charge in [0.15, 0.2) is 0 Å². The van der Waals surface area contributed by atoms with Crippen LogP contribution in [0.5, 0.6) is 11.5 Å². The summed E-state index contributed by atoms with van der Waals surface area (Å²) in [6.07, 6.45) is 7.74. The van der Waals surface area contributed by atoms with Crippen LogP contribution in [-0.4, -0.2) is 18.8 Å². The van der Waals surface area contributed by atoms with E-state index in [0.29, 0.717) is 11.5 Å². The van der Waals surface area contributed by atoms with Gasteiger partial charge in [0.05, 0.1) is 11.3 Å². The second-order valence-corrected chi connectivity index (χ2v) is 14.6. The molecule has 0 radical (unpaired) electrons. The number of aryl methyl sites for hydroxylation is 6. The Kier molecular flexibility index (Phi) is 7.99. The largest absolute Gasteiger partial charge is 2.00 e. The van der Waals surface area contributed by atoms with Gasteiger partial charge in [-0.05, 0) is 109 Å². The molecule has 0 fully saturated rings. The summed E-state index contributed by atoms with van der Waals surface area (Å²) in [7, 11) is 0. The molecule has 0 bridgehead atoms. The number of ether oxygens (including phenoxy) is 1. The molecule has 0 aliphatic carbocycles. The van der Waals surface area contributed by atoms with Crippen LogP contribution in [0.4, 0.5) is 0 Å². The predicted octanol–water partition coefficient (Wildman–Crippen LogP) is 12.2. The van der Waals surface area contributed by atoms with E-state index in [4.69, 9.17) is 14.7 Å². The molecule has 0 N–H and O–H groups in total. The van der Waals surface area contributed by atoms with Gasteiger partial charge in [-0.25, -0.2) is 0 Å². The molecule has 5 nitrogen and oxygen atoms in total. The molecule has 0 amide bonds. The van der Waals surface area contributed by atoms with Crippen LogP contribution in [0.15, 0.2) is 110 Å². The van der Waals surface area contributed by atoms with Crippen LogP contribution in [0.25, 0.3) is 76.9 Å². The summed E-state index contributed by atoms with van der Waals surface area (Å²) in [5, 5.41) is 6.27. The summed E-state index contributed by atoms with van der Waals surface area (Å²) < 4.78 is 10.8. The molecule has 6 aromatic carbocycles. The predicted molar refractivity (Wildman–Crippen MR) is 217 cm³/mol. The Morgan fingerprint density at radius 3 is 1.30 bits per heavy atom. The fourth-order valence-electron chi connectivity index (χ4n) is 8.86. The molecule has 4 aromatic heterocycles. The van der Waals surface area contributed by atoms with E-state index in [9.17, 15) is 0 Å². The Morgan fingerprint density at radius 2 is 0.889 bits per heavy atom. The number of rotatable bonds is 4. The minimum absolute atomic E-state index is 0. The molecular weight excluding hydrogens is 844 g/mol. The molecule has 0 aliphatic heterocycles. The molecular formula is C48H36N4OPt. The summed E-state index contributed by atoms with van der Waals surface area (Å²) in [5.74, 6) is 1.21. The molecule has 264 valence electrons. The smallest absolute Gasteiger partial charge is 0.497 e. The van der Waals surface area contributed by atoms with E-state index >= 15 is 0 Å². The zero-order chi connectivity index (χ0) is 36.1. The minimum atomic E-state index is 0. The molecule has 0 aliphatic rings. The van der Waals surface area contributed by atoms with Crippen molar-refractivity contribution in [1.29, 1.82) is 0 Å². The van der Waals surface area contributed by atoms with E-state index in [1.807, 2.05) is 36.9 Å². The van der Waals surface area contributed by atoms with E-state index in [1.165, 1.54) is 55.6 Å². The first-order chi connectivity index (χ1) is 25.7. The summed E-state index contributed by atoms with van der Waals surface area (Å²) >= 11 is 0. The summed E-state index contributed by atoms with van der Waals surface area (Å²) in [6, 6.07) is 37.9. The molecule has 10 rings (SSSR count). The number of aromatic nitrogens is 4. The van der Waals surface area contributed by atoms with Crippen LogP contribution in [0, 0.1) is 53.7 Å². The van der Waals surface area contributed by atoms with Gasteiger partial charge in [-0.3, -0.25) is 9.97 Å². The van der Waals surface area contributed by atoms with Crippen molar-refractivity contribution < 1.29 is 25.8 Å². The van der Waals surface area contributed by atoms with Crippen molar-refractivity contribution in [2.24, 2.45) is 0 Å². The summed E-state index contributed by atoms with van der Waals surface area (Å²) in [4.78, 5) is 9.53. The van der Waals surface area contributed by atoms with Gasteiger partial charge in [0, 0.05) is 47.3 Å². The van der Waals surface area contributed by atoms with Crippen LogP contribution < -0.4 is 4.74 Å². The van der Waals surface area contributed by atoms with Gasteiger partial charge in [0.1, 0.15) is 0 Å². The average Bonchev–Trinajstić information content (AvgIpc) is 3.82. The van der Waals surface area contributed by atoms with Gasteiger partial charge >= 0.3 is 21.1 Å². The van der Waals surface area contributed by atoms with Crippen LogP contribution >= 0.6 is 0 Å². The Hall–Kier alpha value is -5.77. The Morgan fingerprint density at radius 1 is 0.481 bits per heavy atom. The van der Waals surface area contributed by atoms with Crippen molar-refractivity contribution in [1.82, 2.24) is 18.8 Å². The number of fused-ring (bicyclic) bond motifs is 12. The van der Waals surface area contributed by atoms with E-state index < -0.39 is 0 Å². The third-order valence-electron chi connectivity index (χ3n) is 10.8. The normalized spacial score (nSPS) is 11.7. The third-order valence-corrected chi connectivity index (χ3v) is 10.8. The van der Waals surface area contributed by atoms with Gasteiger partial charge < -0.3 is 13.5 Å². The average molecular weight is 880 g/mol. The van der Waals surface area contributed by atoms with Crippen LogP contribution in [-0.2, 0) is 21.1 Å². The monoisotopic (exact) mass is 879 g/mol. The zero-order valence-electron chi connectivity index (χ0n) is 30.9. The summed E-state index contributed by atoms with van der Waals surface area (Å²) in [5.41, 5.74) is 16.5. The van der Waals surface area contributed by atoms with E-state index in [2.05, 4.69) is 135 Å². The molecule has 10 aromatic rings. The van der Waals surface area contributed by atoms with Crippen LogP contribution in [0.3, 0.4) is 0 Å². The zero-order valence-corrected chi connectivity index (χ0v) is 33.2. The topological polar surface area (TPSA) is 43.8 Å². The van der Waals surface area contributed by atoms with Crippen LogP contribution in [0.2, 0.25) is 0 Å². The first-order valence-electron chi connectivity index (χ1n) is 18.1. The van der Waals surface area contributed by atoms with E-state index in [-0.39, 0.29) is 21.1 Å². The van der Waals surface area contributed by atoms with Gasteiger partial charge in [-0.1, -0.05) is 105 Å². The van der Waals surface area contributed by atoms with Gasteiger partial charge in [-0.15, -0.1) is 12.1 Å². The van der Waals surface area contributed by atoms with Gasteiger partial charge in [-0.2, -0.15) is 0 Å². The van der Waals surface area contributed by atoms with Gasteiger partial charge in [0.2, 0.25) is 0 Å². The maximum Gasteiger partial charge on any atom is 2.00 e. The van der Waals surface area contributed by atoms with Crippen LogP contribution in [0.1, 0.15) is 33.4 Å². The molecule has 0 unspecified atom stereocenters. The van der Waals surface area contributed by atoms with Crippen molar-refractivity contribution in [3.63, 3.8) is 0 Å². The maximum absolute atomic E-state index is 6.56. The fraction of sp³-hybridized carbons (Fsp3) is 0.125. The number of hydrogen-bond donors (Lipinski definition) is 0. The van der Waals surface area contributed by atoms with Crippen molar-refractivity contribution in [3.8, 4) is 33.8 Å². The van der Waals surface area contributed by atoms with E-state index in [1.54, 1.807) is 0 Å². The first-order valence-corrected chi connectivity index (χ1v) is 18.1. The van der Waals surface area contributed by atoms with Crippen molar-refractivity contribution in [3.05, 3.63) is 155 Å². The number of imidazole rings is 2. The van der Waals surface area contributed by atoms with Gasteiger partial charge in [0.25, 0.3) is 0 Å².